The number of anilines is 1. The van der Waals surface area contributed by atoms with Crippen molar-refractivity contribution in [3.63, 3.8) is 0 Å². The lowest BCUT2D eigenvalue weighted by Crippen LogP contribution is -2.49. The zero-order valence-electron chi connectivity index (χ0n) is 20.3. The molecule has 0 unspecified atom stereocenters. The molecule has 3 aromatic rings. The number of benzene rings is 1. The van der Waals surface area contributed by atoms with Crippen LogP contribution in [-0.4, -0.2) is 76.2 Å². The first-order valence-corrected chi connectivity index (χ1v) is 12.9. The Labute approximate surface area is 205 Å². The highest BCUT2D eigenvalue weighted by molar-refractivity contribution is 5.98. The summed E-state index contributed by atoms with van der Waals surface area (Å²) < 4.78 is 7.41. The normalized spacial score (nSPS) is 20.3. The minimum Gasteiger partial charge on any atom is -0.477 e. The van der Waals surface area contributed by atoms with Crippen molar-refractivity contribution >= 4 is 22.7 Å². The van der Waals surface area contributed by atoms with Gasteiger partial charge in [0.2, 0.25) is 0 Å². The summed E-state index contributed by atoms with van der Waals surface area (Å²) in [6.07, 6.45) is 5.59. The number of carbonyl (C=O) groups is 1. The molecule has 1 saturated carbocycles. The summed E-state index contributed by atoms with van der Waals surface area (Å²) in [5.74, 6) is -0.593. The Bertz CT molecular complexity index is 1240. The van der Waals surface area contributed by atoms with E-state index < -0.39 is 5.97 Å². The van der Waals surface area contributed by atoms with Crippen molar-refractivity contribution in [2.24, 2.45) is 0 Å². The number of aryl methyl sites for hydroxylation is 1. The number of ether oxygens (including phenoxy) is 1. The van der Waals surface area contributed by atoms with Crippen LogP contribution in [0, 0.1) is 6.92 Å². The topological polar surface area (TPSA) is 83.7 Å². The fourth-order valence-corrected chi connectivity index (χ4v) is 5.80. The van der Waals surface area contributed by atoms with Gasteiger partial charge in [0.05, 0.1) is 35.7 Å². The molecule has 2 saturated heterocycles. The number of nitrogens with zero attached hydrogens (tertiary/aromatic N) is 5. The van der Waals surface area contributed by atoms with E-state index >= 15 is 0 Å². The maximum atomic E-state index is 12.1. The predicted octanol–water partition coefficient (Wildman–Crippen LogP) is 4.00. The minimum atomic E-state index is -1.00. The molecule has 0 radical (unpaired) electrons. The lowest BCUT2D eigenvalue weighted by Gasteiger charge is -2.41. The Morgan fingerprint density at radius 2 is 1.83 bits per heavy atom. The molecular weight excluding hydrogens is 442 g/mol. The van der Waals surface area contributed by atoms with Crippen molar-refractivity contribution in [1.82, 2.24) is 19.7 Å². The molecule has 0 bridgehead atoms. The van der Waals surface area contributed by atoms with E-state index in [1.54, 1.807) is 6.07 Å². The molecule has 0 atom stereocenters. The molecule has 2 aromatic heterocycles. The Morgan fingerprint density at radius 1 is 1.06 bits per heavy atom. The highest BCUT2D eigenvalue weighted by Crippen LogP contribution is 2.43. The molecule has 3 aliphatic rings. The standard InChI is InChI=1S/C27H33N5O3/c1-18-4-2-7-21(16-18)32-26-24(25(29-32)19-5-3-6-19)23(17-22(28-26)27(33)34)31-10-8-20(9-11-31)30-12-14-35-15-13-30/h2,4,7,16-17,19-20H,3,5-6,8-15H2,1H3,(H,33,34). The second kappa shape index (κ2) is 9.24. The van der Waals surface area contributed by atoms with Gasteiger partial charge in [-0.1, -0.05) is 18.6 Å². The van der Waals surface area contributed by atoms with Crippen molar-refractivity contribution in [1.29, 1.82) is 0 Å². The molecule has 1 aromatic carbocycles. The van der Waals surface area contributed by atoms with E-state index in [1.165, 1.54) is 6.42 Å². The van der Waals surface area contributed by atoms with E-state index in [2.05, 4.69) is 33.8 Å². The van der Waals surface area contributed by atoms with Gasteiger partial charge in [0.15, 0.2) is 11.3 Å². The van der Waals surface area contributed by atoms with Gasteiger partial charge in [0.25, 0.3) is 0 Å². The molecule has 1 aliphatic carbocycles. The van der Waals surface area contributed by atoms with E-state index in [0.29, 0.717) is 17.6 Å². The highest BCUT2D eigenvalue weighted by atomic mass is 16.5. The zero-order valence-corrected chi connectivity index (χ0v) is 20.3. The van der Waals surface area contributed by atoms with E-state index in [0.717, 1.165) is 93.1 Å². The lowest BCUT2D eigenvalue weighted by molar-refractivity contribution is 0.0115. The summed E-state index contributed by atoms with van der Waals surface area (Å²) in [5, 5.41) is 16.0. The number of carboxylic acids is 1. The maximum absolute atomic E-state index is 12.1. The second-order valence-corrected chi connectivity index (χ2v) is 10.2. The fraction of sp³-hybridized carbons (Fsp3) is 0.519. The average Bonchev–Trinajstić information content (AvgIpc) is 3.22. The van der Waals surface area contributed by atoms with Crippen LogP contribution in [0.2, 0.25) is 0 Å². The van der Waals surface area contributed by atoms with Gasteiger partial charge in [0.1, 0.15) is 0 Å². The van der Waals surface area contributed by atoms with Crippen LogP contribution < -0.4 is 4.90 Å². The van der Waals surface area contributed by atoms with Crippen molar-refractivity contribution in [3.8, 4) is 5.69 Å². The molecule has 35 heavy (non-hydrogen) atoms. The Kier molecular flexibility index (Phi) is 5.94. The SMILES string of the molecule is Cc1cccc(-n2nc(C3CCC3)c3c(N4CCC(N5CCOCC5)CC4)cc(C(=O)O)nc32)c1. The largest absolute Gasteiger partial charge is 0.477 e. The number of aromatic nitrogens is 3. The smallest absolute Gasteiger partial charge is 0.354 e. The molecule has 4 heterocycles. The van der Waals surface area contributed by atoms with Crippen LogP contribution in [0.1, 0.15) is 59.8 Å². The highest BCUT2D eigenvalue weighted by Gasteiger charge is 2.32. The molecule has 2 aliphatic heterocycles. The van der Waals surface area contributed by atoms with E-state index in [1.807, 2.05) is 16.8 Å². The van der Waals surface area contributed by atoms with Crippen molar-refractivity contribution in [2.75, 3.05) is 44.3 Å². The van der Waals surface area contributed by atoms with Crippen LogP contribution in [0.5, 0.6) is 0 Å². The number of hydrogen-bond donors (Lipinski definition) is 1. The van der Waals surface area contributed by atoms with Crippen LogP contribution in [0.15, 0.2) is 30.3 Å². The number of aromatic carboxylic acids is 1. The Morgan fingerprint density at radius 3 is 2.49 bits per heavy atom. The fourth-order valence-electron chi connectivity index (χ4n) is 5.80. The van der Waals surface area contributed by atoms with Gasteiger partial charge in [0, 0.05) is 38.1 Å². The number of morpholine rings is 1. The Hall–Kier alpha value is -2.97. The molecule has 0 spiro atoms. The van der Waals surface area contributed by atoms with Gasteiger partial charge < -0.3 is 14.7 Å². The Balaban J connectivity index is 1.43. The molecular formula is C27H33N5O3. The van der Waals surface area contributed by atoms with Crippen LogP contribution in [-0.2, 0) is 4.74 Å². The van der Waals surface area contributed by atoms with Gasteiger partial charge in [-0.15, -0.1) is 0 Å². The van der Waals surface area contributed by atoms with Crippen LogP contribution in [0.25, 0.3) is 16.7 Å². The number of rotatable bonds is 5. The summed E-state index contributed by atoms with van der Waals surface area (Å²) >= 11 is 0. The van der Waals surface area contributed by atoms with Gasteiger partial charge in [-0.3, -0.25) is 4.90 Å². The average molecular weight is 476 g/mol. The number of pyridine rings is 1. The molecule has 6 rings (SSSR count). The summed E-state index contributed by atoms with van der Waals surface area (Å²) in [7, 11) is 0. The van der Waals surface area contributed by atoms with Gasteiger partial charge in [-0.25, -0.2) is 14.5 Å². The number of hydrogen-bond acceptors (Lipinski definition) is 6. The molecule has 1 N–H and O–H groups in total. The van der Waals surface area contributed by atoms with E-state index in [-0.39, 0.29) is 5.69 Å². The predicted molar refractivity (Wildman–Crippen MR) is 135 cm³/mol. The van der Waals surface area contributed by atoms with Gasteiger partial charge in [-0.2, -0.15) is 5.10 Å². The van der Waals surface area contributed by atoms with Gasteiger partial charge in [-0.05, 0) is 56.4 Å². The van der Waals surface area contributed by atoms with E-state index in [9.17, 15) is 9.90 Å². The summed E-state index contributed by atoms with van der Waals surface area (Å²) in [6, 6.07) is 10.5. The third kappa shape index (κ3) is 4.19. The number of carboxylic acid groups (broad SMARTS) is 1. The minimum absolute atomic E-state index is 0.0803. The molecule has 3 fully saturated rings. The van der Waals surface area contributed by atoms with Crippen LogP contribution in [0.4, 0.5) is 5.69 Å². The quantitative estimate of drug-likeness (QED) is 0.597. The van der Waals surface area contributed by atoms with Crippen LogP contribution >= 0.6 is 0 Å². The third-order valence-electron chi connectivity index (χ3n) is 7.97. The molecule has 8 nitrogen and oxygen atoms in total. The zero-order chi connectivity index (χ0) is 23.9. The summed E-state index contributed by atoms with van der Waals surface area (Å²) in [5.41, 5.74) is 4.85. The van der Waals surface area contributed by atoms with Crippen molar-refractivity contribution in [2.45, 2.75) is 51.0 Å². The maximum Gasteiger partial charge on any atom is 0.354 e. The van der Waals surface area contributed by atoms with E-state index in [4.69, 9.17) is 9.84 Å². The monoisotopic (exact) mass is 475 g/mol. The summed E-state index contributed by atoms with van der Waals surface area (Å²) in [6.45, 7) is 7.50. The molecule has 0 amide bonds. The molecule has 8 heteroatoms. The van der Waals surface area contributed by atoms with Gasteiger partial charge >= 0.3 is 5.97 Å². The summed E-state index contributed by atoms with van der Waals surface area (Å²) in [4.78, 5) is 21.7. The number of piperidine rings is 1. The third-order valence-corrected chi connectivity index (χ3v) is 7.97. The first-order chi connectivity index (χ1) is 17.1. The number of fused-ring (bicyclic) bond motifs is 1. The molecule has 184 valence electrons. The lowest BCUT2D eigenvalue weighted by atomic mass is 9.82. The van der Waals surface area contributed by atoms with Crippen molar-refractivity contribution in [3.05, 3.63) is 47.3 Å². The first-order valence-electron chi connectivity index (χ1n) is 12.9. The second-order valence-electron chi connectivity index (χ2n) is 10.2. The van der Waals surface area contributed by atoms with Crippen LogP contribution in [0.3, 0.4) is 0 Å². The first kappa shape index (κ1) is 22.5. The van der Waals surface area contributed by atoms with Crippen molar-refractivity contribution < 1.29 is 14.6 Å².